The van der Waals surface area contributed by atoms with Crippen LogP contribution in [0, 0.1) is 11.3 Å². The molecule has 1 aromatic rings. The molecule has 8 heteroatoms. The van der Waals surface area contributed by atoms with E-state index in [9.17, 15) is 24.8 Å². The molecule has 1 aromatic carbocycles. The van der Waals surface area contributed by atoms with Crippen LogP contribution in [0.5, 0.6) is 0 Å². The summed E-state index contributed by atoms with van der Waals surface area (Å²) in [6, 6.07) is 6.21. The van der Waals surface area contributed by atoms with Crippen LogP contribution in [-0.4, -0.2) is 34.6 Å². The van der Waals surface area contributed by atoms with E-state index in [1.165, 1.54) is 13.0 Å². The van der Waals surface area contributed by atoms with Crippen LogP contribution in [0.1, 0.15) is 35.8 Å². The normalized spacial score (nSPS) is 17.1. The first kappa shape index (κ1) is 17.0. The van der Waals surface area contributed by atoms with Crippen molar-refractivity contribution in [3.05, 3.63) is 46.7 Å². The fourth-order valence-electron chi connectivity index (χ4n) is 2.51. The van der Waals surface area contributed by atoms with Crippen LogP contribution in [0.2, 0.25) is 0 Å². The van der Waals surface area contributed by atoms with Crippen molar-refractivity contribution in [2.45, 2.75) is 19.9 Å². The van der Waals surface area contributed by atoms with Gasteiger partial charge in [-0.3, -0.25) is 4.79 Å². The van der Waals surface area contributed by atoms with Gasteiger partial charge in [0, 0.05) is 17.8 Å². The minimum atomic E-state index is -1.49. The summed E-state index contributed by atoms with van der Waals surface area (Å²) in [4.78, 5) is 36.0. The number of hydrogen-bond acceptors (Lipinski definition) is 4. The van der Waals surface area contributed by atoms with Crippen LogP contribution in [0.4, 0.5) is 9.59 Å². The van der Waals surface area contributed by atoms with Gasteiger partial charge in [-0.2, -0.15) is 5.26 Å². The van der Waals surface area contributed by atoms with Crippen LogP contribution in [0.15, 0.2) is 35.5 Å². The van der Waals surface area contributed by atoms with Gasteiger partial charge in [-0.15, -0.1) is 0 Å². The predicted octanol–water partition coefficient (Wildman–Crippen LogP) is 1.98. The van der Waals surface area contributed by atoms with Crippen molar-refractivity contribution in [2.75, 3.05) is 6.54 Å². The second kappa shape index (κ2) is 6.83. The largest absolute Gasteiger partial charge is 0.465 e. The zero-order valence-corrected chi connectivity index (χ0v) is 13.2. The van der Waals surface area contributed by atoms with Crippen LogP contribution in [0.25, 0.3) is 0 Å². The van der Waals surface area contributed by atoms with Gasteiger partial charge in [0.15, 0.2) is 0 Å². The molecule has 0 spiro atoms. The molecule has 0 radical (unpaired) electrons. The second-order valence-corrected chi connectivity index (χ2v) is 5.12. The zero-order valence-electron chi connectivity index (χ0n) is 13.2. The lowest BCUT2D eigenvalue weighted by Gasteiger charge is -2.33. The average Bonchev–Trinajstić information content (AvgIpc) is 2.54. The third-order valence-corrected chi connectivity index (χ3v) is 3.58. The number of nitriles is 1. The van der Waals surface area contributed by atoms with E-state index in [0.29, 0.717) is 22.6 Å². The van der Waals surface area contributed by atoms with Crippen molar-refractivity contribution in [2.24, 2.45) is 0 Å². The molecule has 0 bridgehead atoms. The minimum absolute atomic E-state index is 0.102. The molecule has 0 aromatic heterocycles. The maximum absolute atomic E-state index is 12.0. The van der Waals surface area contributed by atoms with Crippen LogP contribution in [0.3, 0.4) is 0 Å². The quantitative estimate of drug-likeness (QED) is 0.783. The van der Waals surface area contributed by atoms with E-state index in [1.54, 1.807) is 25.1 Å². The van der Waals surface area contributed by atoms with Crippen molar-refractivity contribution < 1.29 is 19.5 Å². The first-order chi connectivity index (χ1) is 11.4. The van der Waals surface area contributed by atoms with E-state index in [0.717, 1.165) is 0 Å². The van der Waals surface area contributed by atoms with Gasteiger partial charge in [-0.1, -0.05) is 12.1 Å². The zero-order chi connectivity index (χ0) is 17.9. The molecular formula is C16H16N4O4. The lowest BCUT2D eigenvalue weighted by atomic mass is 9.93. The number of amides is 4. The molecule has 1 heterocycles. The summed E-state index contributed by atoms with van der Waals surface area (Å²) < 4.78 is 0. The Morgan fingerprint density at radius 1 is 1.46 bits per heavy atom. The van der Waals surface area contributed by atoms with Gasteiger partial charge in [-0.05, 0) is 31.5 Å². The lowest BCUT2D eigenvalue weighted by Crippen LogP contribution is -2.49. The summed E-state index contributed by atoms with van der Waals surface area (Å²) in [5.41, 5.74) is 1.07. The summed E-state index contributed by atoms with van der Waals surface area (Å²) in [6.07, 6.45) is -1.49. The number of imide groups is 1. The van der Waals surface area contributed by atoms with Crippen molar-refractivity contribution in [3.63, 3.8) is 0 Å². The van der Waals surface area contributed by atoms with Gasteiger partial charge >= 0.3 is 12.1 Å². The molecule has 3 N–H and O–H groups in total. The molecule has 2 rings (SSSR count). The lowest BCUT2D eigenvalue weighted by molar-refractivity contribution is 0.0955. The number of hydrogen-bond donors (Lipinski definition) is 3. The third kappa shape index (κ3) is 3.05. The Morgan fingerprint density at radius 3 is 2.75 bits per heavy atom. The molecule has 24 heavy (non-hydrogen) atoms. The Hall–Kier alpha value is -3.34. The highest BCUT2D eigenvalue weighted by molar-refractivity contribution is 5.95. The summed E-state index contributed by atoms with van der Waals surface area (Å²) in [5.74, 6) is -0.319. The van der Waals surface area contributed by atoms with Crippen LogP contribution < -0.4 is 10.6 Å². The number of nitrogens with one attached hydrogen (secondary N) is 2. The van der Waals surface area contributed by atoms with Crippen LogP contribution in [-0.2, 0) is 0 Å². The van der Waals surface area contributed by atoms with Gasteiger partial charge in [0.1, 0.15) is 6.04 Å². The van der Waals surface area contributed by atoms with Crippen molar-refractivity contribution in [1.29, 1.82) is 5.26 Å². The Labute approximate surface area is 138 Å². The Morgan fingerprint density at radius 2 is 2.17 bits per heavy atom. The maximum atomic E-state index is 12.0. The number of carboxylic acid groups (broad SMARTS) is 1. The summed E-state index contributed by atoms with van der Waals surface area (Å²) >= 11 is 0. The van der Waals surface area contributed by atoms with E-state index in [2.05, 4.69) is 10.6 Å². The molecular weight excluding hydrogens is 312 g/mol. The van der Waals surface area contributed by atoms with Crippen molar-refractivity contribution in [3.8, 4) is 6.07 Å². The van der Waals surface area contributed by atoms with Gasteiger partial charge in [0.2, 0.25) is 0 Å². The number of nitrogens with zero attached hydrogens (tertiary/aromatic N) is 2. The number of allylic oxidation sites excluding steroid dienone is 1. The van der Waals surface area contributed by atoms with Gasteiger partial charge in [0.05, 0.1) is 11.6 Å². The van der Waals surface area contributed by atoms with Gasteiger partial charge < -0.3 is 15.7 Å². The SMILES string of the molecule is CCNC(=O)c1cccc(C2C(C#N)=C(C)NC(=O)N2C(=O)O)c1. The Bertz CT molecular complexity index is 779. The van der Waals surface area contributed by atoms with E-state index < -0.39 is 18.2 Å². The third-order valence-electron chi connectivity index (χ3n) is 3.58. The van der Waals surface area contributed by atoms with E-state index in [1.807, 2.05) is 6.07 Å². The summed E-state index contributed by atoms with van der Waals surface area (Å²) in [6.45, 7) is 3.74. The van der Waals surface area contributed by atoms with Gasteiger partial charge in [-0.25, -0.2) is 14.5 Å². The Balaban J connectivity index is 2.57. The average molecular weight is 328 g/mol. The molecule has 1 aliphatic rings. The van der Waals surface area contributed by atoms with Crippen LogP contribution >= 0.6 is 0 Å². The molecule has 8 nitrogen and oxygen atoms in total. The molecule has 0 fully saturated rings. The first-order valence-electron chi connectivity index (χ1n) is 7.22. The minimum Gasteiger partial charge on any atom is -0.465 e. The smallest absolute Gasteiger partial charge is 0.416 e. The monoisotopic (exact) mass is 328 g/mol. The number of benzene rings is 1. The molecule has 1 unspecified atom stereocenters. The second-order valence-electron chi connectivity index (χ2n) is 5.12. The fraction of sp³-hybridized carbons (Fsp3) is 0.250. The van der Waals surface area contributed by atoms with Gasteiger partial charge in [0.25, 0.3) is 5.91 Å². The fourth-order valence-corrected chi connectivity index (χ4v) is 2.51. The topological polar surface area (TPSA) is 123 Å². The first-order valence-corrected chi connectivity index (χ1v) is 7.22. The highest BCUT2D eigenvalue weighted by Crippen LogP contribution is 2.33. The van der Waals surface area contributed by atoms with E-state index >= 15 is 0 Å². The van der Waals surface area contributed by atoms with Crippen molar-refractivity contribution in [1.82, 2.24) is 15.5 Å². The molecule has 1 aliphatic heterocycles. The number of urea groups is 1. The summed E-state index contributed by atoms with van der Waals surface area (Å²) in [5, 5.41) is 23.7. The van der Waals surface area contributed by atoms with E-state index in [-0.39, 0.29) is 17.2 Å². The molecule has 124 valence electrons. The number of rotatable bonds is 3. The highest BCUT2D eigenvalue weighted by Gasteiger charge is 2.39. The number of carbonyl (C=O) groups excluding carboxylic acids is 2. The Kier molecular flexibility index (Phi) is 4.84. The number of carbonyl (C=O) groups is 3. The molecule has 4 amide bonds. The van der Waals surface area contributed by atoms with Crippen molar-refractivity contribution >= 4 is 18.0 Å². The molecule has 1 atom stereocenters. The predicted molar refractivity (Wildman–Crippen MR) is 83.9 cm³/mol. The standard InChI is InChI=1S/C16H16N4O4/c1-3-18-14(21)11-6-4-5-10(7-11)13-12(8-17)9(2)19-15(22)20(13)16(23)24/h4-7,13H,3H2,1-2H3,(H,18,21)(H,19,22)(H,23,24). The molecule has 0 aliphatic carbocycles. The maximum Gasteiger partial charge on any atom is 0.416 e. The molecule has 0 saturated heterocycles. The van der Waals surface area contributed by atoms with E-state index in [4.69, 9.17) is 0 Å². The molecule has 0 saturated carbocycles. The summed E-state index contributed by atoms with van der Waals surface area (Å²) in [7, 11) is 0. The highest BCUT2D eigenvalue weighted by atomic mass is 16.4.